The van der Waals surface area contributed by atoms with Crippen molar-refractivity contribution in [2.45, 2.75) is 19.5 Å². The summed E-state index contributed by atoms with van der Waals surface area (Å²) in [4.78, 5) is 23.5. The molecule has 0 saturated carbocycles. The molecule has 0 aliphatic heterocycles. The Kier molecular flexibility index (Phi) is 4.65. The third-order valence-corrected chi connectivity index (χ3v) is 3.80. The number of hydrogen-bond acceptors (Lipinski definition) is 3. The first-order chi connectivity index (χ1) is 9.90. The molecule has 1 N–H and O–H groups in total. The van der Waals surface area contributed by atoms with Gasteiger partial charge in [-0.3, -0.25) is 13.9 Å². The van der Waals surface area contributed by atoms with E-state index in [2.05, 4.69) is 5.32 Å². The molecule has 1 heterocycles. The SMILES string of the molecule is CC(NCc1cc(=O)n(C)c(=O)n1C)c1cccc(Cl)c1. The second-order valence-electron chi connectivity index (χ2n) is 5.03. The maximum atomic E-state index is 11.9. The van der Waals surface area contributed by atoms with Gasteiger partial charge in [-0.2, -0.15) is 0 Å². The molecule has 0 fully saturated rings. The molecule has 2 rings (SSSR count). The number of rotatable bonds is 4. The van der Waals surface area contributed by atoms with Crippen LogP contribution < -0.4 is 16.6 Å². The molecule has 0 bridgehead atoms. The summed E-state index contributed by atoms with van der Waals surface area (Å²) in [5, 5.41) is 3.97. The van der Waals surface area contributed by atoms with Gasteiger partial charge in [-0.15, -0.1) is 0 Å². The van der Waals surface area contributed by atoms with Crippen LogP contribution in [0.1, 0.15) is 24.2 Å². The van der Waals surface area contributed by atoms with Crippen molar-refractivity contribution >= 4 is 11.6 Å². The summed E-state index contributed by atoms with van der Waals surface area (Å²) in [6.07, 6.45) is 0. The van der Waals surface area contributed by atoms with Gasteiger partial charge >= 0.3 is 5.69 Å². The topological polar surface area (TPSA) is 56.0 Å². The number of nitrogens with one attached hydrogen (secondary N) is 1. The molecular weight excluding hydrogens is 290 g/mol. The number of benzene rings is 1. The predicted molar refractivity (Wildman–Crippen MR) is 83.6 cm³/mol. The van der Waals surface area contributed by atoms with E-state index in [1.54, 1.807) is 7.05 Å². The number of aromatic nitrogens is 2. The highest BCUT2D eigenvalue weighted by Crippen LogP contribution is 2.17. The second-order valence-corrected chi connectivity index (χ2v) is 5.47. The lowest BCUT2D eigenvalue weighted by Gasteiger charge is -2.16. The highest BCUT2D eigenvalue weighted by atomic mass is 35.5. The number of hydrogen-bond donors (Lipinski definition) is 1. The van der Waals surface area contributed by atoms with E-state index >= 15 is 0 Å². The molecule has 1 aromatic carbocycles. The smallest absolute Gasteiger partial charge is 0.305 e. The van der Waals surface area contributed by atoms with Crippen LogP contribution >= 0.6 is 11.6 Å². The van der Waals surface area contributed by atoms with E-state index in [1.807, 2.05) is 31.2 Å². The van der Waals surface area contributed by atoms with Gasteiger partial charge in [-0.05, 0) is 24.6 Å². The first-order valence-corrected chi connectivity index (χ1v) is 7.02. The van der Waals surface area contributed by atoms with Crippen LogP contribution in [0.15, 0.2) is 39.9 Å². The molecular formula is C15H18ClN3O2. The van der Waals surface area contributed by atoms with E-state index in [1.165, 1.54) is 17.7 Å². The van der Waals surface area contributed by atoms with Crippen molar-refractivity contribution in [1.82, 2.24) is 14.5 Å². The van der Waals surface area contributed by atoms with Gasteiger partial charge in [0.2, 0.25) is 0 Å². The van der Waals surface area contributed by atoms with Gasteiger partial charge in [-0.1, -0.05) is 23.7 Å². The molecule has 1 unspecified atom stereocenters. The standard InChI is InChI=1S/C15H18ClN3O2/c1-10(11-5-4-6-12(16)7-11)17-9-13-8-14(20)19(3)15(21)18(13)2/h4-8,10,17H,9H2,1-3H3. The van der Waals surface area contributed by atoms with E-state index in [0.29, 0.717) is 17.3 Å². The van der Waals surface area contributed by atoms with Crippen molar-refractivity contribution in [2.24, 2.45) is 14.1 Å². The fourth-order valence-corrected chi connectivity index (χ4v) is 2.30. The Morgan fingerprint density at radius 2 is 1.90 bits per heavy atom. The maximum Gasteiger partial charge on any atom is 0.330 e. The maximum absolute atomic E-state index is 11.9. The monoisotopic (exact) mass is 307 g/mol. The molecule has 0 spiro atoms. The van der Waals surface area contributed by atoms with Crippen molar-refractivity contribution in [2.75, 3.05) is 0 Å². The lowest BCUT2D eigenvalue weighted by Crippen LogP contribution is -2.39. The molecule has 5 nitrogen and oxygen atoms in total. The molecule has 0 aliphatic rings. The molecule has 21 heavy (non-hydrogen) atoms. The van der Waals surface area contributed by atoms with Gasteiger partial charge in [0, 0.05) is 43.5 Å². The fourth-order valence-electron chi connectivity index (χ4n) is 2.10. The normalized spacial score (nSPS) is 12.4. The lowest BCUT2D eigenvalue weighted by atomic mass is 10.1. The summed E-state index contributed by atoms with van der Waals surface area (Å²) in [6.45, 7) is 2.43. The van der Waals surface area contributed by atoms with Crippen molar-refractivity contribution in [3.63, 3.8) is 0 Å². The fraction of sp³-hybridized carbons (Fsp3) is 0.333. The van der Waals surface area contributed by atoms with Crippen LogP contribution in [0.2, 0.25) is 5.02 Å². The first kappa shape index (κ1) is 15.5. The minimum Gasteiger partial charge on any atom is -0.305 e. The molecule has 1 aromatic heterocycles. The summed E-state index contributed by atoms with van der Waals surface area (Å²) in [5.74, 6) is 0. The minimum absolute atomic E-state index is 0.0582. The highest BCUT2D eigenvalue weighted by Gasteiger charge is 2.09. The third-order valence-electron chi connectivity index (χ3n) is 3.56. The van der Waals surface area contributed by atoms with E-state index in [9.17, 15) is 9.59 Å². The van der Waals surface area contributed by atoms with E-state index in [-0.39, 0.29) is 17.3 Å². The zero-order chi connectivity index (χ0) is 15.6. The Morgan fingerprint density at radius 1 is 1.19 bits per heavy atom. The van der Waals surface area contributed by atoms with E-state index in [0.717, 1.165) is 10.1 Å². The van der Waals surface area contributed by atoms with E-state index in [4.69, 9.17) is 11.6 Å². The zero-order valence-corrected chi connectivity index (χ0v) is 13.0. The summed E-state index contributed by atoms with van der Waals surface area (Å²) >= 11 is 5.97. The van der Waals surface area contributed by atoms with Crippen molar-refractivity contribution in [3.05, 3.63) is 67.4 Å². The Hall–Kier alpha value is -1.85. The van der Waals surface area contributed by atoms with Gasteiger partial charge in [0.15, 0.2) is 0 Å². The van der Waals surface area contributed by atoms with Crippen LogP contribution in [0.3, 0.4) is 0 Å². The molecule has 2 aromatic rings. The molecule has 0 radical (unpaired) electrons. The Bertz CT molecular complexity index is 764. The number of halogens is 1. The van der Waals surface area contributed by atoms with Crippen molar-refractivity contribution in [1.29, 1.82) is 0 Å². The largest absolute Gasteiger partial charge is 0.330 e. The third kappa shape index (κ3) is 3.43. The summed E-state index contributed by atoms with van der Waals surface area (Å²) in [5.41, 5.74) is 1.08. The van der Waals surface area contributed by atoms with Crippen LogP contribution in [0.5, 0.6) is 0 Å². The Labute approximate surface area is 127 Å². The minimum atomic E-state index is -0.324. The molecule has 1 atom stereocenters. The zero-order valence-electron chi connectivity index (χ0n) is 12.3. The Balaban J connectivity index is 2.17. The van der Waals surface area contributed by atoms with Crippen LogP contribution in [0, 0.1) is 0 Å². The first-order valence-electron chi connectivity index (χ1n) is 6.65. The molecule has 112 valence electrons. The predicted octanol–water partition coefficient (Wildman–Crippen LogP) is 1.59. The molecule has 0 amide bonds. The van der Waals surface area contributed by atoms with Crippen LogP contribution in [-0.2, 0) is 20.6 Å². The van der Waals surface area contributed by atoms with Gasteiger partial charge < -0.3 is 5.32 Å². The van der Waals surface area contributed by atoms with Gasteiger partial charge in [-0.25, -0.2) is 4.79 Å². The highest BCUT2D eigenvalue weighted by molar-refractivity contribution is 6.30. The molecule has 0 saturated heterocycles. The average molecular weight is 308 g/mol. The van der Waals surface area contributed by atoms with Crippen LogP contribution in [0.25, 0.3) is 0 Å². The average Bonchev–Trinajstić information content (AvgIpc) is 2.47. The number of nitrogens with zero attached hydrogens (tertiary/aromatic N) is 2. The Morgan fingerprint density at radius 3 is 2.57 bits per heavy atom. The van der Waals surface area contributed by atoms with Gasteiger partial charge in [0.05, 0.1) is 0 Å². The molecule has 0 aliphatic carbocycles. The van der Waals surface area contributed by atoms with Crippen LogP contribution in [-0.4, -0.2) is 9.13 Å². The van der Waals surface area contributed by atoms with Crippen molar-refractivity contribution < 1.29 is 0 Å². The molecule has 6 heteroatoms. The second kappa shape index (κ2) is 6.28. The van der Waals surface area contributed by atoms with Crippen molar-refractivity contribution in [3.8, 4) is 0 Å². The quantitative estimate of drug-likeness (QED) is 0.933. The lowest BCUT2D eigenvalue weighted by molar-refractivity contribution is 0.540. The van der Waals surface area contributed by atoms with Crippen LogP contribution in [0.4, 0.5) is 0 Å². The van der Waals surface area contributed by atoms with Gasteiger partial charge in [0.1, 0.15) is 0 Å². The summed E-state index contributed by atoms with van der Waals surface area (Å²) in [7, 11) is 3.12. The van der Waals surface area contributed by atoms with Gasteiger partial charge in [0.25, 0.3) is 5.56 Å². The van der Waals surface area contributed by atoms with E-state index < -0.39 is 0 Å². The summed E-state index contributed by atoms with van der Waals surface area (Å²) in [6, 6.07) is 9.11. The summed E-state index contributed by atoms with van der Waals surface area (Å²) < 4.78 is 2.56.